The molecule has 5 heteroatoms. The molecule has 1 aromatic carbocycles. The van der Waals surface area contributed by atoms with Crippen LogP contribution >= 0.6 is 7.82 Å². The summed E-state index contributed by atoms with van der Waals surface area (Å²) in [6, 6.07) is 8.05. The van der Waals surface area contributed by atoms with Crippen LogP contribution in [0.4, 0.5) is 0 Å². The third-order valence-electron chi connectivity index (χ3n) is 3.84. The molecule has 138 valence electrons. The van der Waals surface area contributed by atoms with E-state index in [1.165, 1.54) is 0 Å². The molecular formula is C19H33O4P. The van der Waals surface area contributed by atoms with Gasteiger partial charge in [0.05, 0.1) is 19.3 Å². The summed E-state index contributed by atoms with van der Waals surface area (Å²) in [5, 5.41) is 0. The fraction of sp³-hybridized carbons (Fsp3) is 0.684. The van der Waals surface area contributed by atoms with Crippen LogP contribution in [-0.2, 0) is 18.1 Å². The van der Waals surface area contributed by atoms with Gasteiger partial charge in [-0.2, -0.15) is 0 Å². The van der Waals surface area contributed by atoms with Crippen molar-refractivity contribution in [1.82, 2.24) is 0 Å². The Hall–Kier alpha value is -0.670. The molecule has 0 amide bonds. The highest BCUT2D eigenvalue weighted by Gasteiger charge is 2.31. The smallest absolute Gasteiger partial charge is 0.287 e. The quantitative estimate of drug-likeness (QED) is 0.295. The van der Waals surface area contributed by atoms with Crippen molar-refractivity contribution in [3.05, 3.63) is 35.4 Å². The molecule has 0 N–H and O–H groups in total. The van der Waals surface area contributed by atoms with E-state index < -0.39 is 7.82 Å². The summed E-state index contributed by atoms with van der Waals surface area (Å²) >= 11 is 0. The summed E-state index contributed by atoms with van der Waals surface area (Å²) < 4.78 is 30.1. The summed E-state index contributed by atoms with van der Waals surface area (Å²) in [5.74, 6) is 0. The highest BCUT2D eigenvalue weighted by atomic mass is 31.2. The van der Waals surface area contributed by atoms with E-state index >= 15 is 0 Å². The van der Waals surface area contributed by atoms with E-state index in [4.69, 9.17) is 13.6 Å². The Morgan fingerprint density at radius 1 is 0.958 bits per heavy atom. The molecule has 0 heterocycles. The van der Waals surface area contributed by atoms with Crippen LogP contribution in [0.15, 0.2) is 24.3 Å². The first kappa shape index (κ1) is 21.4. The molecule has 4 nitrogen and oxygen atoms in total. The van der Waals surface area contributed by atoms with Crippen molar-refractivity contribution in [2.45, 2.75) is 72.3 Å². The zero-order valence-corrected chi connectivity index (χ0v) is 16.5. The normalized spacial score (nSPS) is 13.2. The van der Waals surface area contributed by atoms with Crippen LogP contribution in [0.5, 0.6) is 0 Å². The van der Waals surface area contributed by atoms with Gasteiger partial charge in [0.1, 0.15) is 0 Å². The van der Waals surface area contributed by atoms with Gasteiger partial charge in [0.2, 0.25) is 0 Å². The molecule has 0 bridgehead atoms. The predicted molar refractivity (Wildman–Crippen MR) is 99.2 cm³/mol. The second-order valence-corrected chi connectivity index (χ2v) is 7.68. The molecule has 0 aromatic heterocycles. The maximum atomic E-state index is 13.1. The van der Waals surface area contributed by atoms with Crippen LogP contribution in [-0.4, -0.2) is 13.2 Å². The molecule has 1 atom stereocenters. The second-order valence-electron chi connectivity index (χ2n) is 6.06. The average molecular weight is 356 g/mol. The Balaban J connectivity index is 2.89. The number of aryl methyl sites for hydroxylation is 1. The number of benzene rings is 1. The molecule has 0 spiro atoms. The van der Waals surface area contributed by atoms with E-state index in [1.54, 1.807) is 0 Å². The first-order valence-corrected chi connectivity index (χ1v) is 10.6. The van der Waals surface area contributed by atoms with E-state index in [-0.39, 0.29) is 6.10 Å². The van der Waals surface area contributed by atoms with Crippen LogP contribution in [0, 0.1) is 6.92 Å². The third kappa shape index (κ3) is 7.48. The van der Waals surface area contributed by atoms with Crippen molar-refractivity contribution in [1.29, 1.82) is 0 Å². The molecule has 1 unspecified atom stereocenters. The summed E-state index contributed by atoms with van der Waals surface area (Å²) in [5.41, 5.74) is 2.18. The fourth-order valence-electron chi connectivity index (χ4n) is 2.37. The summed E-state index contributed by atoms with van der Waals surface area (Å²) in [6.45, 7) is 9.07. The molecule has 0 saturated heterocycles. The molecular weight excluding hydrogens is 323 g/mol. The second kappa shape index (κ2) is 11.8. The Morgan fingerprint density at radius 3 is 2.04 bits per heavy atom. The van der Waals surface area contributed by atoms with Crippen LogP contribution in [0.3, 0.4) is 0 Å². The van der Waals surface area contributed by atoms with E-state index in [1.807, 2.05) is 31.2 Å². The van der Waals surface area contributed by atoms with Gasteiger partial charge in [0, 0.05) is 0 Å². The van der Waals surface area contributed by atoms with E-state index in [0.29, 0.717) is 13.2 Å². The lowest BCUT2D eigenvalue weighted by Gasteiger charge is -2.25. The molecule has 0 aliphatic carbocycles. The van der Waals surface area contributed by atoms with E-state index in [2.05, 4.69) is 20.8 Å². The fourth-order valence-corrected chi connectivity index (χ4v) is 3.80. The van der Waals surface area contributed by atoms with Gasteiger partial charge < -0.3 is 0 Å². The Bertz CT molecular complexity index is 490. The van der Waals surface area contributed by atoms with Gasteiger partial charge in [0.15, 0.2) is 0 Å². The van der Waals surface area contributed by atoms with Crippen molar-refractivity contribution in [3.8, 4) is 0 Å². The van der Waals surface area contributed by atoms with Crippen LogP contribution in [0.2, 0.25) is 0 Å². The molecule has 24 heavy (non-hydrogen) atoms. The minimum atomic E-state index is -3.55. The maximum Gasteiger partial charge on any atom is 0.475 e. The standard InChI is InChI=1S/C19H33O4P/c1-5-8-15-21-24(20,22-16-9-6-2)23-19(12-7-3)18-14-11-10-13-17(18)4/h10-11,13-14,19H,5-9,12,15-16H2,1-4H3. The first-order valence-electron chi connectivity index (χ1n) is 9.19. The topological polar surface area (TPSA) is 44.8 Å². The highest BCUT2D eigenvalue weighted by Crippen LogP contribution is 2.54. The summed E-state index contributed by atoms with van der Waals surface area (Å²) in [6.07, 6.45) is 5.08. The Kier molecular flexibility index (Phi) is 10.5. The minimum Gasteiger partial charge on any atom is -0.287 e. The van der Waals surface area contributed by atoms with Gasteiger partial charge in [-0.15, -0.1) is 0 Å². The van der Waals surface area contributed by atoms with E-state index in [9.17, 15) is 4.57 Å². The monoisotopic (exact) mass is 356 g/mol. The van der Waals surface area contributed by atoms with Crippen LogP contribution < -0.4 is 0 Å². The molecule has 0 aliphatic heterocycles. The van der Waals surface area contributed by atoms with Crippen molar-refractivity contribution in [3.63, 3.8) is 0 Å². The van der Waals surface area contributed by atoms with Crippen molar-refractivity contribution >= 4 is 7.82 Å². The number of hydrogen-bond acceptors (Lipinski definition) is 4. The third-order valence-corrected chi connectivity index (χ3v) is 5.35. The number of phosphoric acid groups is 1. The zero-order valence-electron chi connectivity index (χ0n) is 15.6. The van der Waals surface area contributed by atoms with Crippen molar-refractivity contribution in [2.75, 3.05) is 13.2 Å². The summed E-state index contributed by atoms with van der Waals surface area (Å²) in [7, 11) is -3.55. The van der Waals surface area contributed by atoms with Crippen molar-refractivity contribution in [2.24, 2.45) is 0 Å². The lowest BCUT2D eigenvalue weighted by atomic mass is 10.0. The lowest BCUT2D eigenvalue weighted by Crippen LogP contribution is -2.09. The molecule has 0 aliphatic rings. The number of hydrogen-bond donors (Lipinski definition) is 0. The molecule has 0 fully saturated rings. The van der Waals surface area contributed by atoms with Gasteiger partial charge in [-0.25, -0.2) is 4.57 Å². The highest BCUT2D eigenvalue weighted by molar-refractivity contribution is 7.48. The lowest BCUT2D eigenvalue weighted by molar-refractivity contribution is 0.0719. The van der Waals surface area contributed by atoms with Crippen molar-refractivity contribution < 1.29 is 18.1 Å². The minimum absolute atomic E-state index is 0.273. The molecule has 0 radical (unpaired) electrons. The molecule has 1 aromatic rings. The van der Waals surface area contributed by atoms with Crippen LogP contribution in [0.1, 0.15) is 76.5 Å². The largest absolute Gasteiger partial charge is 0.475 e. The Labute approximate surface area is 147 Å². The van der Waals surface area contributed by atoms with Gasteiger partial charge >= 0.3 is 7.82 Å². The molecule has 0 saturated carbocycles. The predicted octanol–water partition coefficient (Wildman–Crippen LogP) is 6.59. The summed E-state index contributed by atoms with van der Waals surface area (Å²) in [4.78, 5) is 0. The van der Waals surface area contributed by atoms with Gasteiger partial charge in [-0.05, 0) is 37.3 Å². The maximum absolute atomic E-state index is 13.1. The number of rotatable bonds is 13. The SMILES string of the molecule is CCCCOP(=O)(OCCCC)OC(CCC)c1ccccc1C. The molecule has 1 rings (SSSR count). The number of unbranched alkanes of at least 4 members (excludes halogenated alkanes) is 2. The zero-order chi connectivity index (χ0) is 17.8. The van der Waals surface area contributed by atoms with Gasteiger partial charge in [-0.1, -0.05) is 64.3 Å². The van der Waals surface area contributed by atoms with E-state index in [0.717, 1.165) is 49.7 Å². The number of phosphoric ester groups is 1. The van der Waals surface area contributed by atoms with Gasteiger partial charge in [0.25, 0.3) is 0 Å². The Morgan fingerprint density at radius 2 is 1.54 bits per heavy atom. The van der Waals surface area contributed by atoms with Gasteiger partial charge in [-0.3, -0.25) is 13.6 Å². The van der Waals surface area contributed by atoms with Crippen LogP contribution in [0.25, 0.3) is 0 Å². The average Bonchev–Trinajstić information content (AvgIpc) is 2.55. The first-order chi connectivity index (χ1) is 11.6.